The molecule has 0 aliphatic heterocycles. The maximum atomic E-state index is 12.9. The van der Waals surface area contributed by atoms with E-state index in [9.17, 15) is 9.59 Å². The van der Waals surface area contributed by atoms with Gasteiger partial charge in [-0.05, 0) is 40.7 Å². The number of ether oxygens (including phenoxy) is 1. The molecule has 3 N–H and O–H groups in total. The Morgan fingerprint density at radius 2 is 1.88 bits per heavy atom. The number of amides is 1. The van der Waals surface area contributed by atoms with Crippen LogP contribution in [0, 0.1) is 5.92 Å². The van der Waals surface area contributed by atoms with Crippen LogP contribution in [0.1, 0.15) is 32.3 Å². The van der Waals surface area contributed by atoms with Crippen molar-refractivity contribution in [3.63, 3.8) is 0 Å². The highest BCUT2D eigenvalue weighted by atomic mass is 35.5. The molecule has 1 unspecified atom stereocenters. The number of methoxy groups -OCH3 is 1. The number of fused-ring (bicyclic) bond motifs is 1. The van der Waals surface area contributed by atoms with Crippen LogP contribution < -0.4 is 11.1 Å². The Morgan fingerprint density at radius 3 is 2.55 bits per heavy atom. The second-order valence-corrected chi connectivity index (χ2v) is 9.27. The number of carbonyl (C=O) groups excluding carboxylic acids is 2. The summed E-state index contributed by atoms with van der Waals surface area (Å²) >= 11 is 1.63. The van der Waals surface area contributed by atoms with Crippen molar-refractivity contribution >= 4 is 46.8 Å². The predicted octanol–water partition coefficient (Wildman–Crippen LogP) is 3.85. The summed E-state index contributed by atoms with van der Waals surface area (Å²) in [6.07, 6.45) is 3.49. The van der Waals surface area contributed by atoms with E-state index in [1.165, 1.54) is 17.9 Å². The fraction of sp³-hybridized carbons (Fsp3) is 0.520. The first-order valence-corrected chi connectivity index (χ1v) is 12.6. The van der Waals surface area contributed by atoms with Crippen LogP contribution in [0.15, 0.2) is 42.5 Å². The van der Waals surface area contributed by atoms with Gasteiger partial charge in [0.25, 0.3) is 0 Å². The van der Waals surface area contributed by atoms with Crippen LogP contribution >= 0.6 is 24.2 Å². The van der Waals surface area contributed by atoms with E-state index in [2.05, 4.69) is 48.3 Å². The molecule has 0 saturated carbocycles. The Bertz CT molecular complexity index is 878. The Morgan fingerprint density at radius 1 is 1.18 bits per heavy atom. The number of benzene rings is 2. The highest BCUT2D eigenvalue weighted by Gasteiger charge is 2.24. The first-order valence-electron chi connectivity index (χ1n) is 11.2. The van der Waals surface area contributed by atoms with E-state index in [1.807, 2.05) is 24.5 Å². The Hall–Kier alpha value is -1.80. The minimum absolute atomic E-state index is 0. The van der Waals surface area contributed by atoms with Crippen molar-refractivity contribution in [2.75, 3.05) is 32.2 Å². The Balaban J connectivity index is 0.00000544. The summed E-state index contributed by atoms with van der Waals surface area (Å²) in [4.78, 5) is 27.1. The molecule has 33 heavy (non-hydrogen) atoms. The first kappa shape index (κ1) is 29.2. The largest absolute Gasteiger partial charge is 0.467 e. The molecule has 8 heteroatoms. The molecule has 0 heterocycles. The van der Waals surface area contributed by atoms with Crippen LogP contribution in [0.4, 0.5) is 0 Å². The van der Waals surface area contributed by atoms with Gasteiger partial charge >= 0.3 is 5.97 Å². The van der Waals surface area contributed by atoms with Crippen molar-refractivity contribution in [3.05, 3.63) is 48.0 Å². The molecule has 0 aliphatic carbocycles. The molecule has 2 aromatic rings. The van der Waals surface area contributed by atoms with Gasteiger partial charge in [0.1, 0.15) is 6.04 Å². The summed E-state index contributed by atoms with van der Waals surface area (Å²) in [6.45, 7) is 5.63. The second kappa shape index (κ2) is 15.2. The van der Waals surface area contributed by atoms with Crippen molar-refractivity contribution in [2.45, 2.75) is 45.3 Å². The monoisotopic (exact) mass is 495 g/mol. The van der Waals surface area contributed by atoms with Crippen molar-refractivity contribution in [3.8, 4) is 0 Å². The molecular weight excluding hydrogens is 458 g/mol. The van der Waals surface area contributed by atoms with Crippen LogP contribution in [0.5, 0.6) is 0 Å². The number of nitrogens with one attached hydrogen (secondary N) is 1. The van der Waals surface area contributed by atoms with E-state index in [1.54, 1.807) is 11.8 Å². The maximum Gasteiger partial charge on any atom is 0.328 e. The van der Waals surface area contributed by atoms with Gasteiger partial charge in [0.05, 0.1) is 13.7 Å². The lowest BCUT2D eigenvalue weighted by Gasteiger charge is -2.29. The molecule has 0 aromatic heterocycles. The minimum atomic E-state index is -0.636. The molecule has 0 radical (unpaired) electrons. The van der Waals surface area contributed by atoms with Crippen LogP contribution in [0.3, 0.4) is 0 Å². The van der Waals surface area contributed by atoms with E-state index in [0.29, 0.717) is 25.4 Å². The fourth-order valence-electron chi connectivity index (χ4n) is 3.71. The highest BCUT2D eigenvalue weighted by molar-refractivity contribution is 7.98. The van der Waals surface area contributed by atoms with Gasteiger partial charge in [0, 0.05) is 19.1 Å². The van der Waals surface area contributed by atoms with Gasteiger partial charge in [-0.25, -0.2) is 4.79 Å². The number of carbonyl (C=O) groups is 2. The SMILES string of the molecule is CCC(C)[C@H](N)CN(CC(=O)N[C@@H](CCSC)C(=O)OC)Cc1cccc2ccccc12.Cl. The minimum Gasteiger partial charge on any atom is -0.467 e. The number of esters is 1. The van der Waals surface area contributed by atoms with E-state index in [-0.39, 0.29) is 30.9 Å². The smallest absolute Gasteiger partial charge is 0.328 e. The lowest BCUT2D eigenvalue weighted by atomic mass is 9.99. The average molecular weight is 496 g/mol. The molecule has 2 rings (SSSR count). The van der Waals surface area contributed by atoms with E-state index in [4.69, 9.17) is 10.5 Å². The van der Waals surface area contributed by atoms with Gasteiger partial charge in [-0.15, -0.1) is 12.4 Å². The normalized spacial score (nSPS) is 13.8. The van der Waals surface area contributed by atoms with Crippen LogP contribution in [0.25, 0.3) is 10.8 Å². The van der Waals surface area contributed by atoms with Crippen molar-refractivity contribution in [1.29, 1.82) is 0 Å². The number of nitrogens with two attached hydrogens (primary N) is 1. The lowest BCUT2D eigenvalue weighted by molar-refractivity contribution is -0.145. The van der Waals surface area contributed by atoms with Gasteiger partial charge in [-0.2, -0.15) is 11.8 Å². The zero-order chi connectivity index (χ0) is 23.5. The number of halogens is 1. The summed E-state index contributed by atoms with van der Waals surface area (Å²) < 4.78 is 4.87. The standard InChI is InChI=1S/C25H37N3O3S.ClH/c1-5-18(2)22(26)16-28(15-20-11-8-10-19-9-6-7-12-21(19)20)17-24(29)27-23(13-14-32-4)25(30)31-3;/h6-12,18,22-23H,5,13-17,26H2,1-4H3,(H,27,29);1H/t18?,22-,23+;/m1./s1. The molecular formula is C25H38ClN3O3S. The zero-order valence-electron chi connectivity index (χ0n) is 20.1. The summed E-state index contributed by atoms with van der Waals surface area (Å²) in [5, 5.41) is 5.20. The van der Waals surface area contributed by atoms with Gasteiger partial charge < -0.3 is 15.8 Å². The Labute approximate surface area is 208 Å². The van der Waals surface area contributed by atoms with E-state index >= 15 is 0 Å². The van der Waals surface area contributed by atoms with Crippen LogP contribution in [-0.4, -0.2) is 61.1 Å². The molecule has 0 bridgehead atoms. The first-order chi connectivity index (χ1) is 15.4. The van der Waals surface area contributed by atoms with Gasteiger partial charge in [-0.3, -0.25) is 9.69 Å². The summed E-state index contributed by atoms with van der Waals surface area (Å²) in [5.41, 5.74) is 7.61. The molecule has 3 atom stereocenters. The van der Waals surface area contributed by atoms with Gasteiger partial charge in [0.15, 0.2) is 0 Å². The fourth-order valence-corrected chi connectivity index (χ4v) is 4.18. The molecule has 0 fully saturated rings. The molecule has 184 valence electrons. The molecule has 1 amide bonds. The van der Waals surface area contributed by atoms with E-state index < -0.39 is 12.0 Å². The number of nitrogens with zero attached hydrogens (tertiary/aromatic N) is 1. The molecule has 0 spiro atoms. The van der Waals surface area contributed by atoms with Gasteiger partial charge in [0.2, 0.25) is 5.91 Å². The summed E-state index contributed by atoms with van der Waals surface area (Å²) in [5.74, 6) is 0.499. The topological polar surface area (TPSA) is 84.7 Å². The summed E-state index contributed by atoms with van der Waals surface area (Å²) in [6, 6.07) is 13.8. The predicted molar refractivity (Wildman–Crippen MR) is 141 cm³/mol. The van der Waals surface area contributed by atoms with Crippen LogP contribution in [-0.2, 0) is 20.9 Å². The maximum absolute atomic E-state index is 12.9. The lowest BCUT2D eigenvalue weighted by Crippen LogP contribution is -2.49. The van der Waals surface area contributed by atoms with Crippen molar-refractivity contribution in [1.82, 2.24) is 10.2 Å². The summed E-state index contributed by atoms with van der Waals surface area (Å²) in [7, 11) is 1.35. The van der Waals surface area contributed by atoms with Crippen molar-refractivity contribution in [2.24, 2.45) is 11.7 Å². The third-order valence-electron chi connectivity index (χ3n) is 5.92. The zero-order valence-corrected chi connectivity index (χ0v) is 21.7. The molecule has 6 nitrogen and oxygen atoms in total. The van der Waals surface area contributed by atoms with Crippen LogP contribution in [0.2, 0.25) is 0 Å². The third-order valence-corrected chi connectivity index (χ3v) is 6.56. The quantitative estimate of drug-likeness (QED) is 0.410. The number of thioether (sulfide) groups is 1. The molecule has 0 aliphatic rings. The van der Waals surface area contributed by atoms with Crippen molar-refractivity contribution < 1.29 is 14.3 Å². The number of rotatable bonds is 13. The molecule has 0 saturated heterocycles. The number of hydrogen-bond acceptors (Lipinski definition) is 6. The Kier molecular flexibility index (Phi) is 13.4. The van der Waals surface area contributed by atoms with E-state index in [0.717, 1.165) is 17.7 Å². The van der Waals surface area contributed by atoms with Gasteiger partial charge in [-0.1, -0.05) is 62.7 Å². The third kappa shape index (κ3) is 9.16. The second-order valence-electron chi connectivity index (χ2n) is 8.28. The highest BCUT2D eigenvalue weighted by Crippen LogP contribution is 2.20. The molecule has 2 aromatic carbocycles. The average Bonchev–Trinajstić information content (AvgIpc) is 2.80. The number of hydrogen-bond donors (Lipinski definition) is 2.